The van der Waals surface area contributed by atoms with Crippen LogP contribution in [0.15, 0.2) is 71.4 Å². The first-order valence-electron chi connectivity index (χ1n) is 13.0. The normalized spacial score (nSPS) is 16.7. The molecule has 6 nitrogen and oxygen atoms in total. The van der Waals surface area contributed by atoms with E-state index < -0.39 is 11.7 Å². The average molecular weight is 532 g/mol. The molecule has 3 aromatic carbocycles. The summed E-state index contributed by atoms with van der Waals surface area (Å²) in [6.07, 6.45) is -0.714. The number of nitrogens with zero attached hydrogens (tertiary/aromatic N) is 5. The van der Waals surface area contributed by atoms with Gasteiger partial charge in [-0.25, -0.2) is 4.98 Å². The molecule has 1 atom stereocenters. The maximum absolute atomic E-state index is 14.1. The van der Waals surface area contributed by atoms with Crippen molar-refractivity contribution >= 4 is 11.1 Å². The lowest BCUT2D eigenvalue weighted by atomic mass is 9.97. The quantitative estimate of drug-likeness (QED) is 0.240. The molecule has 3 heterocycles. The number of hydrogen-bond donors (Lipinski definition) is 0. The lowest BCUT2D eigenvalue weighted by molar-refractivity contribution is -0.136. The molecule has 1 aliphatic rings. The van der Waals surface area contributed by atoms with Crippen molar-refractivity contribution in [3.8, 4) is 34.0 Å². The van der Waals surface area contributed by atoms with Crippen LogP contribution in [0.4, 0.5) is 13.2 Å². The zero-order chi connectivity index (χ0) is 27.1. The maximum Gasteiger partial charge on any atom is 0.420 e. The summed E-state index contributed by atoms with van der Waals surface area (Å²) in [5.41, 5.74) is 3.05. The van der Waals surface area contributed by atoms with Crippen LogP contribution in [-0.4, -0.2) is 37.7 Å². The standard InChI is InChI=1S/C30H28F3N5O/c1-19-7-6-12-38(16-19)17-20-13-25(30(31,32)33)27-26(14-20)35-29(39-27)22-9-5-8-21(15-22)23-10-3-4-11-24(23)28-36-34-18-37(28)2/h3-5,8-11,13-15,18-19H,6-7,12,16-17H2,1-2H3/t19-/m0/s1. The molecule has 0 N–H and O–H groups in total. The molecule has 0 saturated carbocycles. The summed E-state index contributed by atoms with van der Waals surface area (Å²) in [7, 11) is 1.87. The number of hydrogen-bond acceptors (Lipinski definition) is 5. The van der Waals surface area contributed by atoms with Crippen molar-refractivity contribution in [1.82, 2.24) is 24.6 Å². The average Bonchev–Trinajstić information content (AvgIpc) is 3.54. The molecular weight excluding hydrogens is 503 g/mol. The van der Waals surface area contributed by atoms with Gasteiger partial charge in [0.1, 0.15) is 17.4 Å². The largest absolute Gasteiger partial charge is 0.435 e. The van der Waals surface area contributed by atoms with Crippen LogP contribution in [-0.2, 0) is 19.8 Å². The van der Waals surface area contributed by atoms with E-state index in [2.05, 4.69) is 27.0 Å². The second-order valence-corrected chi connectivity index (χ2v) is 10.4. The summed E-state index contributed by atoms with van der Waals surface area (Å²) >= 11 is 0. The molecule has 0 amide bonds. The van der Waals surface area contributed by atoms with Crippen LogP contribution < -0.4 is 0 Å². The Morgan fingerprint density at radius 3 is 2.54 bits per heavy atom. The molecule has 200 valence electrons. The molecule has 0 bridgehead atoms. The minimum Gasteiger partial charge on any atom is -0.435 e. The predicted molar refractivity (Wildman–Crippen MR) is 144 cm³/mol. The minimum atomic E-state index is -4.56. The van der Waals surface area contributed by atoms with Gasteiger partial charge in [-0.2, -0.15) is 13.2 Å². The Bertz CT molecular complexity index is 1640. The third-order valence-electron chi connectivity index (χ3n) is 7.30. The SMILES string of the molecule is C[C@H]1CCCN(Cc2cc(C(F)(F)F)c3oc(-c4cccc(-c5ccccc5-c5nncn5C)c4)nc3c2)C1. The molecule has 0 aliphatic carbocycles. The summed E-state index contributed by atoms with van der Waals surface area (Å²) in [5.74, 6) is 1.40. The van der Waals surface area contributed by atoms with E-state index in [0.29, 0.717) is 29.4 Å². The van der Waals surface area contributed by atoms with Crippen LogP contribution in [0, 0.1) is 5.92 Å². The van der Waals surface area contributed by atoms with Gasteiger partial charge in [-0.3, -0.25) is 4.90 Å². The number of aromatic nitrogens is 4. The molecule has 2 aromatic heterocycles. The lowest BCUT2D eigenvalue weighted by Crippen LogP contribution is -2.33. The summed E-state index contributed by atoms with van der Waals surface area (Å²) in [5, 5.41) is 8.23. The Hall–Kier alpha value is -3.98. The Labute approximate surface area is 224 Å². The van der Waals surface area contributed by atoms with Crippen molar-refractivity contribution in [3.05, 3.63) is 78.1 Å². The van der Waals surface area contributed by atoms with E-state index in [1.807, 2.05) is 54.1 Å². The van der Waals surface area contributed by atoms with Crippen molar-refractivity contribution in [2.75, 3.05) is 13.1 Å². The van der Waals surface area contributed by atoms with E-state index >= 15 is 0 Å². The third-order valence-corrected chi connectivity index (χ3v) is 7.30. The molecule has 0 spiro atoms. The van der Waals surface area contributed by atoms with Gasteiger partial charge in [0.15, 0.2) is 11.4 Å². The molecule has 5 aromatic rings. The zero-order valence-electron chi connectivity index (χ0n) is 21.7. The van der Waals surface area contributed by atoms with Gasteiger partial charge in [-0.05, 0) is 66.3 Å². The molecule has 39 heavy (non-hydrogen) atoms. The molecule has 9 heteroatoms. The number of alkyl halides is 3. The first-order chi connectivity index (χ1) is 18.8. The fourth-order valence-electron chi connectivity index (χ4n) is 5.48. The van der Waals surface area contributed by atoms with Gasteiger partial charge < -0.3 is 8.98 Å². The van der Waals surface area contributed by atoms with Gasteiger partial charge in [-0.1, -0.05) is 43.3 Å². The molecule has 0 unspecified atom stereocenters. The lowest BCUT2D eigenvalue weighted by Gasteiger charge is -2.30. The van der Waals surface area contributed by atoms with E-state index in [1.54, 1.807) is 18.5 Å². The Balaban J connectivity index is 1.40. The molecule has 1 aliphatic heterocycles. The number of aryl methyl sites for hydroxylation is 1. The highest BCUT2D eigenvalue weighted by Gasteiger charge is 2.36. The highest BCUT2D eigenvalue weighted by atomic mass is 19.4. The minimum absolute atomic E-state index is 0.150. The topological polar surface area (TPSA) is 60.0 Å². The molecule has 0 radical (unpaired) electrons. The summed E-state index contributed by atoms with van der Waals surface area (Å²) in [6, 6.07) is 18.2. The number of likely N-dealkylation sites (tertiary alicyclic amines) is 1. The van der Waals surface area contributed by atoms with Crippen LogP contribution in [0.3, 0.4) is 0 Å². The van der Waals surface area contributed by atoms with Crippen LogP contribution >= 0.6 is 0 Å². The molecule has 1 saturated heterocycles. The van der Waals surface area contributed by atoms with Gasteiger partial charge in [0.2, 0.25) is 5.89 Å². The van der Waals surface area contributed by atoms with Gasteiger partial charge >= 0.3 is 6.18 Å². The first kappa shape index (κ1) is 25.3. The monoisotopic (exact) mass is 531 g/mol. The van der Waals surface area contributed by atoms with Crippen molar-refractivity contribution < 1.29 is 17.6 Å². The zero-order valence-corrected chi connectivity index (χ0v) is 21.7. The summed E-state index contributed by atoms with van der Waals surface area (Å²) < 4.78 is 50.1. The number of halogens is 3. The van der Waals surface area contributed by atoms with Crippen LogP contribution in [0.5, 0.6) is 0 Å². The molecular formula is C30H28F3N5O. The highest BCUT2D eigenvalue weighted by molar-refractivity contribution is 5.84. The Morgan fingerprint density at radius 2 is 1.79 bits per heavy atom. The second kappa shape index (κ2) is 9.96. The smallest absolute Gasteiger partial charge is 0.420 e. The van der Waals surface area contributed by atoms with E-state index in [1.165, 1.54) is 6.07 Å². The molecule has 6 rings (SSSR count). The molecule has 1 fully saturated rings. The second-order valence-electron chi connectivity index (χ2n) is 10.4. The van der Waals surface area contributed by atoms with Gasteiger partial charge in [0, 0.05) is 31.3 Å². The van der Waals surface area contributed by atoms with Gasteiger partial charge in [-0.15, -0.1) is 10.2 Å². The van der Waals surface area contributed by atoms with Crippen molar-refractivity contribution in [1.29, 1.82) is 0 Å². The number of piperidine rings is 1. The third kappa shape index (κ3) is 5.06. The predicted octanol–water partition coefficient (Wildman–Crippen LogP) is 7.21. The summed E-state index contributed by atoms with van der Waals surface area (Å²) in [6.45, 7) is 4.41. The first-order valence-corrected chi connectivity index (χ1v) is 13.0. The van der Waals surface area contributed by atoms with E-state index in [0.717, 1.165) is 42.6 Å². The van der Waals surface area contributed by atoms with Crippen LogP contribution in [0.25, 0.3) is 45.1 Å². The number of benzene rings is 3. The van der Waals surface area contributed by atoms with E-state index in [-0.39, 0.29) is 17.0 Å². The van der Waals surface area contributed by atoms with E-state index in [9.17, 15) is 13.2 Å². The highest BCUT2D eigenvalue weighted by Crippen LogP contribution is 2.39. The number of oxazole rings is 1. The number of fused-ring (bicyclic) bond motifs is 1. The van der Waals surface area contributed by atoms with Crippen molar-refractivity contribution in [3.63, 3.8) is 0 Å². The van der Waals surface area contributed by atoms with E-state index in [4.69, 9.17) is 4.42 Å². The Kier molecular flexibility index (Phi) is 6.46. The van der Waals surface area contributed by atoms with Crippen LogP contribution in [0.1, 0.15) is 30.9 Å². The van der Waals surface area contributed by atoms with Gasteiger partial charge in [0.25, 0.3) is 0 Å². The fourth-order valence-corrected chi connectivity index (χ4v) is 5.48. The number of rotatable bonds is 5. The van der Waals surface area contributed by atoms with Gasteiger partial charge in [0.05, 0.1) is 0 Å². The Morgan fingerprint density at radius 1 is 1.00 bits per heavy atom. The van der Waals surface area contributed by atoms with Crippen molar-refractivity contribution in [2.24, 2.45) is 13.0 Å². The van der Waals surface area contributed by atoms with Crippen molar-refractivity contribution in [2.45, 2.75) is 32.5 Å². The summed E-state index contributed by atoms with van der Waals surface area (Å²) in [4.78, 5) is 6.75. The fraction of sp³-hybridized carbons (Fsp3) is 0.300. The van der Waals surface area contributed by atoms with Crippen LogP contribution in [0.2, 0.25) is 0 Å². The maximum atomic E-state index is 14.1.